The number of rotatable bonds is 11. The highest BCUT2D eigenvalue weighted by atomic mass is 32.2. The summed E-state index contributed by atoms with van der Waals surface area (Å²) in [5.74, 6) is -0.0129. The number of piperidine rings is 1. The fourth-order valence-electron chi connectivity index (χ4n) is 4.54. The van der Waals surface area contributed by atoms with Crippen LogP contribution < -0.4 is 14.4 Å². The summed E-state index contributed by atoms with van der Waals surface area (Å²) < 4.78 is 61.1. The zero-order chi connectivity index (χ0) is 29.6. The van der Waals surface area contributed by atoms with Crippen LogP contribution in [0, 0.1) is 20.8 Å². The molecule has 0 aromatic heterocycles. The van der Waals surface area contributed by atoms with E-state index in [1.165, 1.54) is 28.6 Å². The van der Waals surface area contributed by atoms with Gasteiger partial charge in [0.1, 0.15) is 18.9 Å². The Bertz CT molecular complexity index is 1570. The Labute approximate surface area is 243 Å². The van der Waals surface area contributed by atoms with Crippen LogP contribution in [0.5, 0.6) is 5.75 Å². The van der Waals surface area contributed by atoms with Crippen LogP contribution in [0.1, 0.15) is 36.0 Å². The molecule has 220 valence electrons. The second-order valence-electron chi connectivity index (χ2n) is 10.2. The van der Waals surface area contributed by atoms with Crippen LogP contribution in [0.3, 0.4) is 0 Å². The Balaban J connectivity index is 1.37. The molecule has 1 saturated heterocycles. The lowest BCUT2D eigenvalue weighted by molar-refractivity contribution is -0.119. The molecule has 1 heterocycles. The van der Waals surface area contributed by atoms with Gasteiger partial charge in [0.05, 0.1) is 22.0 Å². The van der Waals surface area contributed by atoms with Crippen molar-refractivity contribution in [3.05, 3.63) is 83.4 Å². The summed E-state index contributed by atoms with van der Waals surface area (Å²) in [5, 5.41) is 2.72. The Morgan fingerprint density at radius 3 is 2.10 bits per heavy atom. The molecule has 1 aliphatic heterocycles. The monoisotopic (exact) mass is 599 g/mol. The van der Waals surface area contributed by atoms with Crippen molar-refractivity contribution in [2.24, 2.45) is 0 Å². The molecule has 3 aromatic rings. The normalized spacial score (nSPS) is 14.4. The first-order valence-corrected chi connectivity index (χ1v) is 16.5. The van der Waals surface area contributed by atoms with Gasteiger partial charge in [-0.3, -0.25) is 9.10 Å². The number of carbonyl (C=O) groups is 1. The van der Waals surface area contributed by atoms with Gasteiger partial charge in [-0.2, -0.15) is 4.31 Å². The van der Waals surface area contributed by atoms with Crippen molar-refractivity contribution in [2.45, 2.75) is 49.8 Å². The van der Waals surface area contributed by atoms with E-state index >= 15 is 0 Å². The van der Waals surface area contributed by atoms with E-state index in [2.05, 4.69) is 5.32 Å². The number of ether oxygens (including phenoxy) is 1. The summed E-state index contributed by atoms with van der Waals surface area (Å²) in [6, 6.07) is 18.0. The van der Waals surface area contributed by atoms with Crippen LogP contribution in [0.2, 0.25) is 0 Å². The van der Waals surface area contributed by atoms with Crippen LogP contribution >= 0.6 is 0 Å². The van der Waals surface area contributed by atoms with Crippen LogP contribution in [-0.4, -0.2) is 59.8 Å². The number of nitrogens with one attached hydrogen (secondary N) is 1. The van der Waals surface area contributed by atoms with Gasteiger partial charge in [-0.05, 0) is 93.3 Å². The molecule has 41 heavy (non-hydrogen) atoms. The van der Waals surface area contributed by atoms with Crippen molar-refractivity contribution >= 4 is 31.6 Å². The van der Waals surface area contributed by atoms with E-state index in [9.17, 15) is 21.6 Å². The highest BCUT2D eigenvalue weighted by Gasteiger charge is 2.28. The van der Waals surface area contributed by atoms with Gasteiger partial charge in [-0.1, -0.05) is 30.2 Å². The molecular weight excluding hydrogens is 562 g/mol. The van der Waals surface area contributed by atoms with Crippen molar-refractivity contribution in [2.75, 3.05) is 37.1 Å². The molecule has 0 atom stereocenters. The lowest BCUT2D eigenvalue weighted by atomic mass is 10.1. The van der Waals surface area contributed by atoms with Crippen LogP contribution in [0.4, 0.5) is 5.69 Å². The summed E-state index contributed by atoms with van der Waals surface area (Å²) in [7, 11) is -7.53. The summed E-state index contributed by atoms with van der Waals surface area (Å²) in [5.41, 5.74) is 3.26. The first-order chi connectivity index (χ1) is 19.5. The maximum atomic E-state index is 13.6. The van der Waals surface area contributed by atoms with E-state index in [0.29, 0.717) is 24.5 Å². The third-order valence-corrected chi connectivity index (χ3v) is 10.8. The fourth-order valence-corrected chi connectivity index (χ4v) is 7.47. The number of benzene rings is 3. The SMILES string of the molecule is Cc1ccc(S(=O)(=O)N(CC(=O)NCCOc2ccc(S(=O)(=O)N3CCCCC3)cc2)c2ccc(C)c(C)c2)cc1. The Morgan fingerprint density at radius 1 is 0.829 bits per heavy atom. The van der Waals surface area contributed by atoms with Gasteiger partial charge in [-0.15, -0.1) is 0 Å². The second-order valence-corrected chi connectivity index (χ2v) is 14.0. The molecule has 0 unspecified atom stereocenters. The number of aryl methyl sites for hydroxylation is 3. The lowest BCUT2D eigenvalue weighted by Gasteiger charge is -2.25. The number of anilines is 1. The average molecular weight is 600 g/mol. The van der Waals surface area contributed by atoms with Crippen molar-refractivity contribution < 1.29 is 26.4 Å². The van der Waals surface area contributed by atoms with E-state index in [0.717, 1.165) is 40.3 Å². The molecule has 0 spiro atoms. The molecule has 0 radical (unpaired) electrons. The summed E-state index contributed by atoms with van der Waals surface area (Å²) in [6.45, 7) is 6.63. The lowest BCUT2D eigenvalue weighted by Crippen LogP contribution is -2.42. The van der Waals surface area contributed by atoms with Gasteiger partial charge >= 0.3 is 0 Å². The molecule has 1 amide bonds. The van der Waals surface area contributed by atoms with Gasteiger partial charge in [-0.25, -0.2) is 16.8 Å². The molecular formula is C30H37N3O6S2. The Kier molecular flexibility index (Phi) is 9.72. The van der Waals surface area contributed by atoms with Gasteiger partial charge in [0.15, 0.2) is 0 Å². The highest BCUT2D eigenvalue weighted by Crippen LogP contribution is 2.26. The minimum Gasteiger partial charge on any atom is -0.492 e. The summed E-state index contributed by atoms with van der Waals surface area (Å²) in [6.07, 6.45) is 2.78. The summed E-state index contributed by atoms with van der Waals surface area (Å²) >= 11 is 0. The van der Waals surface area contributed by atoms with Gasteiger partial charge in [0, 0.05) is 13.1 Å². The molecule has 11 heteroatoms. The van der Waals surface area contributed by atoms with Crippen LogP contribution in [0.25, 0.3) is 0 Å². The predicted molar refractivity (Wildman–Crippen MR) is 159 cm³/mol. The first kappa shape index (κ1) is 30.5. The van der Waals surface area contributed by atoms with Crippen LogP contribution in [-0.2, 0) is 24.8 Å². The van der Waals surface area contributed by atoms with E-state index < -0.39 is 32.5 Å². The molecule has 0 bridgehead atoms. The van der Waals surface area contributed by atoms with Crippen molar-refractivity contribution in [1.29, 1.82) is 0 Å². The molecule has 1 aliphatic rings. The van der Waals surface area contributed by atoms with E-state index in [4.69, 9.17) is 4.74 Å². The highest BCUT2D eigenvalue weighted by molar-refractivity contribution is 7.92. The van der Waals surface area contributed by atoms with Gasteiger partial charge < -0.3 is 10.1 Å². The quantitative estimate of drug-likeness (QED) is 0.331. The molecule has 1 fully saturated rings. The third kappa shape index (κ3) is 7.46. The minimum atomic E-state index is -4.00. The number of hydrogen-bond donors (Lipinski definition) is 1. The predicted octanol–water partition coefficient (Wildman–Crippen LogP) is 4.18. The maximum absolute atomic E-state index is 13.6. The zero-order valence-corrected chi connectivity index (χ0v) is 25.3. The second kappa shape index (κ2) is 13.1. The fraction of sp³-hybridized carbons (Fsp3) is 0.367. The van der Waals surface area contributed by atoms with Crippen molar-refractivity contribution in [1.82, 2.24) is 9.62 Å². The standard InChI is InChI=1S/C30H37N3O6S2/c1-23-7-13-29(14-8-23)41(37,38)33(26-10-9-24(2)25(3)21-26)22-30(34)31-17-20-39-27-11-15-28(16-12-27)40(35,36)32-18-5-4-6-19-32/h7-16,21H,4-6,17-20,22H2,1-3H3,(H,31,34). The minimum absolute atomic E-state index is 0.100. The largest absolute Gasteiger partial charge is 0.492 e. The average Bonchev–Trinajstić information content (AvgIpc) is 2.96. The zero-order valence-electron chi connectivity index (χ0n) is 23.7. The molecule has 0 aliphatic carbocycles. The van der Waals surface area contributed by atoms with Gasteiger partial charge in [0.2, 0.25) is 15.9 Å². The van der Waals surface area contributed by atoms with E-state index in [-0.39, 0.29) is 22.9 Å². The Hall–Kier alpha value is -3.41. The summed E-state index contributed by atoms with van der Waals surface area (Å²) in [4.78, 5) is 13.2. The molecule has 4 rings (SSSR count). The topological polar surface area (TPSA) is 113 Å². The number of nitrogens with zero attached hydrogens (tertiary/aromatic N) is 2. The molecule has 0 saturated carbocycles. The van der Waals surface area contributed by atoms with Gasteiger partial charge in [0.25, 0.3) is 10.0 Å². The van der Waals surface area contributed by atoms with Crippen molar-refractivity contribution in [3.8, 4) is 5.75 Å². The molecule has 1 N–H and O–H groups in total. The smallest absolute Gasteiger partial charge is 0.264 e. The number of hydrogen-bond acceptors (Lipinski definition) is 6. The van der Waals surface area contributed by atoms with E-state index in [1.54, 1.807) is 36.4 Å². The van der Waals surface area contributed by atoms with Crippen molar-refractivity contribution in [3.63, 3.8) is 0 Å². The Morgan fingerprint density at radius 2 is 1.46 bits per heavy atom. The molecule has 3 aromatic carbocycles. The third-order valence-electron chi connectivity index (χ3n) is 7.14. The van der Waals surface area contributed by atoms with Crippen LogP contribution in [0.15, 0.2) is 76.5 Å². The number of carbonyl (C=O) groups excluding carboxylic acids is 1. The number of sulfonamides is 2. The molecule has 9 nitrogen and oxygen atoms in total. The first-order valence-electron chi connectivity index (χ1n) is 13.6. The number of amides is 1. The van der Waals surface area contributed by atoms with E-state index in [1.807, 2.05) is 26.8 Å². The maximum Gasteiger partial charge on any atom is 0.264 e.